The zero-order valence-corrected chi connectivity index (χ0v) is 11.6. The lowest BCUT2D eigenvalue weighted by Crippen LogP contribution is -2.27. The summed E-state index contributed by atoms with van der Waals surface area (Å²) >= 11 is 0. The number of aliphatic hydroxyl groups excluding tert-OH is 1. The third-order valence-corrected chi connectivity index (χ3v) is 3.26. The van der Waals surface area contributed by atoms with E-state index in [1.165, 1.54) is 25.7 Å². The largest absolute Gasteiger partial charge is 0.392 e. The minimum absolute atomic E-state index is 0.0694. The summed E-state index contributed by atoms with van der Waals surface area (Å²) in [6, 6.07) is 0. The zero-order valence-electron chi connectivity index (χ0n) is 11.6. The highest BCUT2D eigenvalue weighted by atomic mass is 16.3. The molecule has 102 valence electrons. The predicted molar refractivity (Wildman–Crippen MR) is 74.1 cm³/mol. The van der Waals surface area contributed by atoms with Crippen LogP contribution in [0.25, 0.3) is 0 Å². The second-order valence-corrected chi connectivity index (χ2v) is 5.00. The molecule has 2 heteroatoms. The summed E-state index contributed by atoms with van der Waals surface area (Å²) in [7, 11) is 0. The van der Waals surface area contributed by atoms with Crippen molar-refractivity contribution < 1.29 is 10.2 Å². The molecule has 2 nitrogen and oxygen atoms in total. The molecule has 0 aliphatic rings. The van der Waals surface area contributed by atoms with Crippen molar-refractivity contribution in [3.05, 3.63) is 12.2 Å². The molecule has 0 spiro atoms. The summed E-state index contributed by atoms with van der Waals surface area (Å²) < 4.78 is 0. The van der Waals surface area contributed by atoms with E-state index in [2.05, 4.69) is 13.8 Å². The van der Waals surface area contributed by atoms with E-state index in [0.29, 0.717) is 6.42 Å². The third-order valence-electron chi connectivity index (χ3n) is 3.26. The predicted octanol–water partition coefficient (Wildman–Crippen LogP) is 3.82. The van der Waals surface area contributed by atoms with E-state index in [4.69, 9.17) is 5.11 Å². The average Bonchev–Trinajstić information content (AvgIpc) is 2.30. The highest BCUT2D eigenvalue weighted by molar-refractivity contribution is 4.91. The molecule has 0 rings (SSSR count). The molecule has 0 aromatic carbocycles. The van der Waals surface area contributed by atoms with Crippen molar-refractivity contribution in [1.82, 2.24) is 0 Å². The molecular formula is C15H30O2. The number of unbranched alkanes of at least 4 members (excludes halogenated alkanes) is 4. The molecule has 2 N–H and O–H groups in total. The lowest BCUT2D eigenvalue weighted by Gasteiger charge is -2.27. The van der Waals surface area contributed by atoms with Crippen LogP contribution in [0.1, 0.15) is 71.6 Å². The van der Waals surface area contributed by atoms with Crippen LogP contribution in [0.2, 0.25) is 0 Å². The maximum atomic E-state index is 10.6. The highest BCUT2D eigenvalue weighted by Crippen LogP contribution is 2.26. The summed E-state index contributed by atoms with van der Waals surface area (Å²) in [4.78, 5) is 0. The molecule has 0 aliphatic heterocycles. The van der Waals surface area contributed by atoms with Gasteiger partial charge in [0.2, 0.25) is 0 Å². The minimum atomic E-state index is -0.546. The van der Waals surface area contributed by atoms with Crippen LogP contribution < -0.4 is 0 Å². The van der Waals surface area contributed by atoms with E-state index in [-0.39, 0.29) is 6.61 Å². The van der Waals surface area contributed by atoms with Crippen molar-refractivity contribution in [2.24, 2.45) is 0 Å². The van der Waals surface area contributed by atoms with Crippen LogP contribution in [0.4, 0.5) is 0 Å². The Bertz CT molecular complexity index is 177. The fourth-order valence-electron chi connectivity index (χ4n) is 2.11. The number of rotatable bonds is 11. The fraction of sp³-hybridized carbons (Fsp3) is 0.867. The van der Waals surface area contributed by atoms with Gasteiger partial charge in [0.25, 0.3) is 0 Å². The Morgan fingerprint density at radius 3 is 1.82 bits per heavy atom. The highest BCUT2D eigenvalue weighted by Gasteiger charge is 2.23. The van der Waals surface area contributed by atoms with Crippen LogP contribution in [0.15, 0.2) is 12.2 Å². The molecule has 0 atom stereocenters. The molecule has 0 aromatic rings. The quantitative estimate of drug-likeness (QED) is 0.427. The standard InChI is InChI=1S/C15H30O2/c1-3-5-7-11-15(17,12-8-6-4-2)13-9-10-14-16/h9-10,16-17H,3-8,11-14H2,1-2H3/b10-9+. The van der Waals surface area contributed by atoms with E-state index >= 15 is 0 Å². The summed E-state index contributed by atoms with van der Waals surface area (Å²) in [6.45, 7) is 4.43. The molecule has 0 aromatic heterocycles. The van der Waals surface area contributed by atoms with Crippen LogP contribution in [0, 0.1) is 0 Å². The van der Waals surface area contributed by atoms with Gasteiger partial charge in [-0.05, 0) is 19.3 Å². The van der Waals surface area contributed by atoms with Gasteiger partial charge in [0.15, 0.2) is 0 Å². The van der Waals surface area contributed by atoms with Crippen molar-refractivity contribution in [3.8, 4) is 0 Å². The Morgan fingerprint density at radius 1 is 0.882 bits per heavy atom. The van der Waals surface area contributed by atoms with Crippen molar-refractivity contribution >= 4 is 0 Å². The van der Waals surface area contributed by atoms with E-state index in [1.807, 2.05) is 6.08 Å². The first-order chi connectivity index (χ1) is 8.18. The number of hydrogen-bond acceptors (Lipinski definition) is 2. The van der Waals surface area contributed by atoms with E-state index in [0.717, 1.165) is 25.7 Å². The van der Waals surface area contributed by atoms with Crippen LogP contribution in [0.3, 0.4) is 0 Å². The third kappa shape index (κ3) is 9.37. The van der Waals surface area contributed by atoms with Gasteiger partial charge in [-0.1, -0.05) is 64.5 Å². The molecule has 0 saturated heterocycles. The number of aliphatic hydroxyl groups is 2. The molecule has 0 fully saturated rings. The molecule has 0 saturated carbocycles. The molecular weight excluding hydrogens is 212 g/mol. The van der Waals surface area contributed by atoms with Crippen LogP contribution >= 0.6 is 0 Å². The molecule has 0 bridgehead atoms. The van der Waals surface area contributed by atoms with Crippen LogP contribution in [-0.2, 0) is 0 Å². The van der Waals surface area contributed by atoms with Crippen molar-refractivity contribution in [1.29, 1.82) is 0 Å². The van der Waals surface area contributed by atoms with Crippen LogP contribution in [-0.4, -0.2) is 22.4 Å². The summed E-state index contributed by atoms with van der Waals surface area (Å²) in [5.74, 6) is 0. The first kappa shape index (κ1) is 16.7. The van der Waals surface area contributed by atoms with Gasteiger partial charge in [0.1, 0.15) is 0 Å². The van der Waals surface area contributed by atoms with E-state index in [9.17, 15) is 5.11 Å². The van der Waals surface area contributed by atoms with Gasteiger partial charge in [-0.3, -0.25) is 0 Å². The molecule has 0 amide bonds. The average molecular weight is 242 g/mol. The first-order valence-corrected chi connectivity index (χ1v) is 7.16. The Kier molecular flexibility index (Phi) is 10.6. The molecule has 0 heterocycles. The van der Waals surface area contributed by atoms with Gasteiger partial charge in [-0.15, -0.1) is 0 Å². The van der Waals surface area contributed by atoms with Gasteiger partial charge in [0, 0.05) is 0 Å². The Labute approximate surface area is 107 Å². The van der Waals surface area contributed by atoms with Crippen LogP contribution in [0.5, 0.6) is 0 Å². The summed E-state index contributed by atoms with van der Waals surface area (Å²) in [5.41, 5.74) is -0.546. The number of hydrogen-bond donors (Lipinski definition) is 2. The van der Waals surface area contributed by atoms with Gasteiger partial charge in [0.05, 0.1) is 12.2 Å². The monoisotopic (exact) mass is 242 g/mol. The van der Waals surface area contributed by atoms with Gasteiger partial charge in [-0.2, -0.15) is 0 Å². The minimum Gasteiger partial charge on any atom is -0.392 e. The maximum Gasteiger partial charge on any atom is 0.0682 e. The lowest BCUT2D eigenvalue weighted by molar-refractivity contribution is 0.0206. The SMILES string of the molecule is CCCCCC(O)(C/C=C/CO)CCCCC. The summed E-state index contributed by atoms with van der Waals surface area (Å²) in [6.07, 6.45) is 13.1. The molecule has 17 heavy (non-hydrogen) atoms. The first-order valence-electron chi connectivity index (χ1n) is 7.16. The van der Waals surface area contributed by atoms with Gasteiger partial charge >= 0.3 is 0 Å². The second kappa shape index (κ2) is 10.8. The van der Waals surface area contributed by atoms with Crippen molar-refractivity contribution in [2.75, 3.05) is 6.61 Å². The topological polar surface area (TPSA) is 40.5 Å². The normalized spacial score (nSPS) is 12.5. The molecule has 0 aliphatic carbocycles. The van der Waals surface area contributed by atoms with Crippen molar-refractivity contribution in [3.63, 3.8) is 0 Å². The summed E-state index contributed by atoms with van der Waals surface area (Å²) in [5, 5.41) is 19.3. The zero-order chi connectivity index (χ0) is 13.0. The smallest absolute Gasteiger partial charge is 0.0682 e. The molecule has 0 radical (unpaired) electrons. The lowest BCUT2D eigenvalue weighted by atomic mass is 9.87. The van der Waals surface area contributed by atoms with Crippen molar-refractivity contribution in [2.45, 2.75) is 77.2 Å². The Morgan fingerprint density at radius 2 is 1.41 bits per heavy atom. The van der Waals surface area contributed by atoms with Gasteiger partial charge in [-0.25, -0.2) is 0 Å². The van der Waals surface area contributed by atoms with Gasteiger partial charge < -0.3 is 10.2 Å². The maximum absolute atomic E-state index is 10.6. The van der Waals surface area contributed by atoms with E-state index < -0.39 is 5.60 Å². The fourth-order valence-corrected chi connectivity index (χ4v) is 2.11. The second-order valence-electron chi connectivity index (χ2n) is 5.00. The Balaban J connectivity index is 4.08. The van der Waals surface area contributed by atoms with E-state index in [1.54, 1.807) is 6.08 Å². The molecule has 0 unspecified atom stereocenters. The Hall–Kier alpha value is -0.340.